The number of rotatable bonds is 3. The molecule has 3 rings (SSSR count). The zero-order chi connectivity index (χ0) is 17.3. The number of carbonyl (C=O) groups excluding carboxylic acids is 1. The average Bonchev–Trinajstić information content (AvgIpc) is 3.15. The lowest BCUT2D eigenvalue weighted by Crippen LogP contribution is -2.37. The largest absolute Gasteiger partial charge is 0.481 e. The molecule has 2 aromatic rings. The van der Waals surface area contributed by atoms with E-state index in [4.69, 9.17) is 0 Å². The van der Waals surface area contributed by atoms with Crippen LogP contribution in [0, 0.1) is 5.41 Å². The molecule has 0 spiro atoms. The molecule has 2 amide bonds. The van der Waals surface area contributed by atoms with Gasteiger partial charge < -0.3 is 15.3 Å². The molecule has 0 bridgehead atoms. The number of amides is 2. The normalized spacial score (nSPS) is 20.2. The number of likely N-dealkylation sites (tertiary alicyclic amines) is 1. The maximum Gasteiger partial charge on any atom is 0.321 e. The van der Waals surface area contributed by atoms with Crippen molar-refractivity contribution in [1.82, 2.24) is 19.7 Å². The Balaban J connectivity index is 1.64. The second-order valence-corrected chi connectivity index (χ2v) is 6.29. The van der Waals surface area contributed by atoms with Gasteiger partial charge in [-0.25, -0.2) is 9.78 Å². The summed E-state index contributed by atoms with van der Waals surface area (Å²) in [4.78, 5) is 29.2. The van der Waals surface area contributed by atoms with E-state index in [-0.39, 0.29) is 12.6 Å². The van der Waals surface area contributed by atoms with Crippen LogP contribution in [0.2, 0.25) is 0 Å². The lowest BCUT2D eigenvalue weighted by molar-refractivity contribution is -0.146. The van der Waals surface area contributed by atoms with Crippen LogP contribution >= 0.6 is 0 Å². The number of benzene rings is 1. The second kappa shape index (κ2) is 5.95. The van der Waals surface area contributed by atoms with Crippen LogP contribution < -0.4 is 5.32 Å². The number of carboxylic acid groups (broad SMARTS) is 1. The summed E-state index contributed by atoms with van der Waals surface area (Å²) in [5.74, 6) is -0.253. The molecule has 1 fully saturated rings. The Morgan fingerprint density at radius 1 is 1.29 bits per heavy atom. The highest BCUT2D eigenvalue weighted by atomic mass is 16.4. The summed E-state index contributed by atoms with van der Waals surface area (Å²) in [5.41, 5.74) is 0.628. The summed E-state index contributed by atoms with van der Waals surface area (Å²) in [6.07, 6.45) is 2.08. The highest BCUT2D eigenvalue weighted by Crippen LogP contribution is 2.30. The Hall–Kier alpha value is -2.90. The number of carbonyl (C=O) groups is 2. The van der Waals surface area contributed by atoms with Gasteiger partial charge in [-0.3, -0.25) is 9.48 Å². The van der Waals surface area contributed by atoms with Crippen molar-refractivity contribution >= 4 is 17.7 Å². The summed E-state index contributed by atoms with van der Waals surface area (Å²) >= 11 is 0. The van der Waals surface area contributed by atoms with Gasteiger partial charge in [0.2, 0.25) is 0 Å². The number of aliphatic carboxylic acids is 1. The van der Waals surface area contributed by atoms with Crippen LogP contribution in [0.5, 0.6) is 0 Å². The van der Waals surface area contributed by atoms with Gasteiger partial charge in [-0.15, -0.1) is 0 Å². The van der Waals surface area contributed by atoms with Gasteiger partial charge in [-0.05, 0) is 37.6 Å². The molecular weight excluding hydrogens is 310 g/mol. The van der Waals surface area contributed by atoms with Crippen LogP contribution in [-0.4, -0.2) is 49.9 Å². The van der Waals surface area contributed by atoms with E-state index >= 15 is 0 Å². The monoisotopic (exact) mass is 329 g/mol. The SMILES string of the molecule is Cn1cnc(-c2ccc(NC(=O)N3CCC(C)(C(=O)O)C3)cc2)n1. The molecule has 8 heteroatoms. The maximum atomic E-state index is 12.3. The van der Waals surface area contributed by atoms with Crippen molar-refractivity contribution in [3.63, 3.8) is 0 Å². The number of hydrogen-bond acceptors (Lipinski definition) is 4. The first-order chi connectivity index (χ1) is 11.4. The number of anilines is 1. The zero-order valence-electron chi connectivity index (χ0n) is 13.6. The predicted octanol–water partition coefficient (Wildman–Crippen LogP) is 1.81. The molecule has 0 radical (unpaired) electrons. The third-order valence-corrected chi connectivity index (χ3v) is 4.27. The molecule has 126 valence electrons. The fourth-order valence-corrected chi connectivity index (χ4v) is 2.69. The molecule has 1 unspecified atom stereocenters. The second-order valence-electron chi connectivity index (χ2n) is 6.29. The van der Waals surface area contributed by atoms with Crippen LogP contribution in [0.1, 0.15) is 13.3 Å². The number of aryl methyl sites for hydroxylation is 1. The van der Waals surface area contributed by atoms with Crippen molar-refractivity contribution in [3.8, 4) is 11.4 Å². The summed E-state index contributed by atoms with van der Waals surface area (Å²) < 4.78 is 1.62. The van der Waals surface area contributed by atoms with Gasteiger partial charge in [0.25, 0.3) is 0 Å². The van der Waals surface area contributed by atoms with Gasteiger partial charge in [0, 0.05) is 31.4 Å². The van der Waals surface area contributed by atoms with Crippen LogP contribution in [0.15, 0.2) is 30.6 Å². The van der Waals surface area contributed by atoms with Crippen molar-refractivity contribution in [2.45, 2.75) is 13.3 Å². The van der Waals surface area contributed by atoms with E-state index in [1.807, 2.05) is 12.1 Å². The molecule has 1 aliphatic heterocycles. The van der Waals surface area contributed by atoms with Crippen molar-refractivity contribution in [1.29, 1.82) is 0 Å². The van der Waals surface area contributed by atoms with Crippen molar-refractivity contribution < 1.29 is 14.7 Å². The molecule has 1 atom stereocenters. The molecule has 1 aliphatic rings. The third kappa shape index (κ3) is 3.08. The van der Waals surface area contributed by atoms with Crippen molar-refractivity contribution in [2.75, 3.05) is 18.4 Å². The van der Waals surface area contributed by atoms with Crippen molar-refractivity contribution in [3.05, 3.63) is 30.6 Å². The molecule has 2 N–H and O–H groups in total. The third-order valence-electron chi connectivity index (χ3n) is 4.27. The molecule has 1 aromatic carbocycles. The molecule has 0 aliphatic carbocycles. The van der Waals surface area contributed by atoms with Gasteiger partial charge in [0.1, 0.15) is 6.33 Å². The van der Waals surface area contributed by atoms with E-state index in [0.29, 0.717) is 24.5 Å². The first-order valence-corrected chi connectivity index (χ1v) is 7.63. The average molecular weight is 329 g/mol. The molecule has 1 saturated heterocycles. The number of nitrogens with one attached hydrogen (secondary N) is 1. The Bertz CT molecular complexity index is 770. The maximum absolute atomic E-state index is 12.3. The standard InChI is InChI=1S/C16H19N5O3/c1-16(14(22)23)7-8-21(9-16)15(24)18-12-5-3-11(4-6-12)13-17-10-20(2)19-13/h3-6,10H,7-9H2,1-2H3,(H,18,24)(H,22,23). The number of urea groups is 1. The molecule has 8 nitrogen and oxygen atoms in total. The van der Waals surface area contributed by atoms with E-state index in [0.717, 1.165) is 5.56 Å². The number of nitrogens with zero attached hydrogens (tertiary/aromatic N) is 4. The Kier molecular flexibility index (Phi) is 3.96. The quantitative estimate of drug-likeness (QED) is 0.894. The van der Waals surface area contributed by atoms with E-state index in [2.05, 4.69) is 15.4 Å². The molecular formula is C16H19N5O3. The molecule has 2 heterocycles. The summed E-state index contributed by atoms with van der Waals surface area (Å²) in [7, 11) is 1.80. The predicted molar refractivity (Wildman–Crippen MR) is 87.4 cm³/mol. The highest BCUT2D eigenvalue weighted by Gasteiger charge is 2.42. The van der Waals surface area contributed by atoms with Gasteiger partial charge in [-0.2, -0.15) is 5.10 Å². The van der Waals surface area contributed by atoms with Crippen LogP contribution in [-0.2, 0) is 11.8 Å². The van der Waals surface area contributed by atoms with Gasteiger partial charge in [0.15, 0.2) is 5.82 Å². The Morgan fingerprint density at radius 2 is 2.00 bits per heavy atom. The van der Waals surface area contributed by atoms with Crippen molar-refractivity contribution in [2.24, 2.45) is 12.5 Å². The van der Waals surface area contributed by atoms with E-state index in [1.165, 1.54) is 4.90 Å². The van der Waals surface area contributed by atoms with Gasteiger partial charge >= 0.3 is 12.0 Å². The van der Waals surface area contributed by atoms with Gasteiger partial charge in [-0.1, -0.05) is 0 Å². The molecule has 1 aromatic heterocycles. The minimum atomic E-state index is -0.870. The highest BCUT2D eigenvalue weighted by molar-refractivity contribution is 5.90. The zero-order valence-corrected chi connectivity index (χ0v) is 13.6. The summed E-state index contributed by atoms with van der Waals surface area (Å²) in [6.45, 7) is 2.31. The van der Waals surface area contributed by atoms with E-state index in [1.54, 1.807) is 37.1 Å². The minimum Gasteiger partial charge on any atom is -0.481 e. The number of hydrogen-bond donors (Lipinski definition) is 2. The van der Waals surface area contributed by atoms with Crippen LogP contribution in [0.25, 0.3) is 11.4 Å². The summed E-state index contributed by atoms with van der Waals surface area (Å²) in [5, 5.41) is 16.2. The van der Waals surface area contributed by atoms with Gasteiger partial charge in [0.05, 0.1) is 5.41 Å². The first kappa shape index (κ1) is 16.0. The fraction of sp³-hybridized carbons (Fsp3) is 0.375. The van der Waals surface area contributed by atoms with Crippen LogP contribution in [0.3, 0.4) is 0 Å². The van der Waals surface area contributed by atoms with E-state index in [9.17, 15) is 14.7 Å². The lowest BCUT2D eigenvalue weighted by Gasteiger charge is -2.20. The fourth-order valence-electron chi connectivity index (χ4n) is 2.69. The molecule has 0 saturated carbocycles. The Labute approximate surface area is 139 Å². The lowest BCUT2D eigenvalue weighted by atomic mass is 9.90. The topological polar surface area (TPSA) is 100 Å². The Morgan fingerprint density at radius 3 is 2.54 bits per heavy atom. The minimum absolute atomic E-state index is 0.212. The molecule has 24 heavy (non-hydrogen) atoms. The van der Waals surface area contributed by atoms with E-state index < -0.39 is 11.4 Å². The number of aromatic nitrogens is 3. The first-order valence-electron chi connectivity index (χ1n) is 7.63. The smallest absolute Gasteiger partial charge is 0.321 e. The summed E-state index contributed by atoms with van der Waals surface area (Å²) in [6, 6.07) is 6.92. The number of carboxylic acids is 1. The van der Waals surface area contributed by atoms with Crippen LogP contribution in [0.4, 0.5) is 10.5 Å².